The number of hydrogen-bond acceptors (Lipinski definition) is 6. The van der Waals surface area contributed by atoms with Crippen molar-refractivity contribution in [2.24, 2.45) is 5.84 Å². The molecule has 0 aliphatic heterocycles. The molecule has 1 aromatic heterocycles. The molecule has 2 aromatic carbocycles. The van der Waals surface area contributed by atoms with Crippen LogP contribution < -0.4 is 11.2 Å². The van der Waals surface area contributed by atoms with Crippen LogP contribution in [0.4, 0.5) is 23.5 Å². The summed E-state index contributed by atoms with van der Waals surface area (Å²) in [4.78, 5) is 8.28. The topological polar surface area (TPSA) is 87.3 Å². The van der Waals surface area contributed by atoms with Crippen LogP contribution in [0.15, 0.2) is 54.9 Å². The van der Waals surface area contributed by atoms with Crippen LogP contribution in [0.1, 0.15) is 47.9 Å². The van der Waals surface area contributed by atoms with Gasteiger partial charge in [0.2, 0.25) is 5.95 Å². The smallest absolute Gasteiger partial charge is 0.379 e. The maximum atomic E-state index is 14.7. The Labute approximate surface area is 219 Å². The van der Waals surface area contributed by atoms with E-state index in [0.717, 1.165) is 11.8 Å². The average molecular weight is 530 g/mol. The number of nitrogens with one attached hydrogen (secondary N) is 1. The van der Waals surface area contributed by atoms with Crippen molar-refractivity contribution in [3.05, 3.63) is 88.6 Å². The predicted molar refractivity (Wildman–Crippen MR) is 142 cm³/mol. The van der Waals surface area contributed by atoms with Crippen molar-refractivity contribution in [1.82, 2.24) is 15.0 Å². The minimum absolute atomic E-state index is 0.0918. The molecule has 0 amide bonds. The van der Waals surface area contributed by atoms with E-state index < -0.39 is 18.1 Å². The molecule has 202 valence electrons. The number of nitrogens with zero attached hydrogens (tertiary/aromatic N) is 3. The number of benzene rings is 2. The van der Waals surface area contributed by atoms with Crippen LogP contribution in [0.25, 0.3) is 22.8 Å². The molecular weight excluding hydrogens is 498 g/mol. The summed E-state index contributed by atoms with van der Waals surface area (Å²) in [6.07, 6.45) is -1.12. The number of aliphatic hydroxyl groups is 1. The summed E-state index contributed by atoms with van der Waals surface area (Å²) < 4.78 is 54.8. The van der Waals surface area contributed by atoms with E-state index in [-0.39, 0.29) is 22.8 Å². The summed E-state index contributed by atoms with van der Waals surface area (Å²) in [5, 5.41) is 14.5. The fourth-order valence-corrected chi connectivity index (χ4v) is 4.01. The van der Waals surface area contributed by atoms with Gasteiger partial charge in [0.1, 0.15) is 5.69 Å². The molecular formula is C28H31F4N5O. The van der Waals surface area contributed by atoms with E-state index in [2.05, 4.69) is 15.3 Å². The van der Waals surface area contributed by atoms with Crippen molar-refractivity contribution in [1.29, 1.82) is 0 Å². The van der Waals surface area contributed by atoms with Crippen LogP contribution >= 0.6 is 0 Å². The lowest BCUT2D eigenvalue weighted by molar-refractivity contribution is -0.206. The molecule has 0 saturated carbocycles. The molecule has 38 heavy (non-hydrogen) atoms. The van der Waals surface area contributed by atoms with Crippen molar-refractivity contribution in [3.8, 4) is 11.1 Å². The molecule has 0 fully saturated rings. The van der Waals surface area contributed by atoms with E-state index in [1.165, 1.54) is 17.1 Å². The van der Waals surface area contributed by atoms with Gasteiger partial charge in [0.25, 0.3) is 0 Å². The van der Waals surface area contributed by atoms with Crippen LogP contribution in [-0.4, -0.2) is 39.3 Å². The SMILES string of the molecule is C/C=C\N(N)CCNc1ncc(F)c(/C(C)=C/c2cccc(-c3cc(C)ccc3C(O)C(F)(F)F)c2C)n1. The number of aliphatic hydroxyl groups excluding tert-OH is 1. The van der Waals surface area contributed by atoms with E-state index in [0.29, 0.717) is 35.4 Å². The van der Waals surface area contributed by atoms with Crippen molar-refractivity contribution >= 4 is 17.6 Å². The van der Waals surface area contributed by atoms with Crippen molar-refractivity contribution in [2.45, 2.75) is 40.0 Å². The zero-order valence-electron chi connectivity index (χ0n) is 21.6. The van der Waals surface area contributed by atoms with Gasteiger partial charge in [0.15, 0.2) is 11.9 Å². The molecule has 0 aliphatic rings. The van der Waals surface area contributed by atoms with Gasteiger partial charge in [0.05, 0.1) is 12.7 Å². The summed E-state index contributed by atoms with van der Waals surface area (Å²) in [7, 11) is 0. The fourth-order valence-electron chi connectivity index (χ4n) is 4.01. The normalized spacial score (nSPS) is 13.2. The highest BCUT2D eigenvalue weighted by Gasteiger charge is 2.40. The van der Waals surface area contributed by atoms with Crippen LogP contribution in [0.2, 0.25) is 0 Å². The summed E-state index contributed by atoms with van der Waals surface area (Å²) >= 11 is 0. The lowest BCUT2D eigenvalue weighted by Crippen LogP contribution is -2.30. The van der Waals surface area contributed by atoms with E-state index >= 15 is 0 Å². The largest absolute Gasteiger partial charge is 0.418 e. The predicted octanol–water partition coefficient (Wildman–Crippen LogP) is 6.18. The van der Waals surface area contributed by atoms with Gasteiger partial charge in [-0.1, -0.05) is 48.0 Å². The molecule has 0 radical (unpaired) electrons. The molecule has 1 heterocycles. The maximum absolute atomic E-state index is 14.7. The number of hydrogen-bond donors (Lipinski definition) is 3. The highest BCUT2D eigenvalue weighted by atomic mass is 19.4. The lowest BCUT2D eigenvalue weighted by Gasteiger charge is -2.20. The van der Waals surface area contributed by atoms with Gasteiger partial charge in [-0.3, -0.25) is 0 Å². The molecule has 1 atom stereocenters. The lowest BCUT2D eigenvalue weighted by atomic mass is 9.89. The average Bonchev–Trinajstić information content (AvgIpc) is 2.85. The number of aromatic nitrogens is 2. The number of aryl methyl sites for hydroxylation is 1. The first-order valence-electron chi connectivity index (χ1n) is 12.0. The summed E-state index contributed by atoms with van der Waals surface area (Å²) in [5.74, 6) is 5.41. The Kier molecular flexibility index (Phi) is 9.24. The monoisotopic (exact) mass is 529 g/mol. The maximum Gasteiger partial charge on any atom is 0.418 e. The second-order valence-corrected chi connectivity index (χ2v) is 8.92. The van der Waals surface area contributed by atoms with E-state index in [4.69, 9.17) is 5.84 Å². The molecule has 3 aromatic rings. The molecule has 0 saturated heterocycles. The molecule has 0 bridgehead atoms. The Morgan fingerprint density at radius 3 is 2.61 bits per heavy atom. The molecule has 6 nitrogen and oxygen atoms in total. The van der Waals surface area contributed by atoms with Crippen molar-refractivity contribution in [3.63, 3.8) is 0 Å². The number of nitrogens with two attached hydrogens (primary N) is 1. The van der Waals surface area contributed by atoms with Crippen LogP contribution in [-0.2, 0) is 0 Å². The third-order valence-corrected chi connectivity index (χ3v) is 5.96. The van der Waals surface area contributed by atoms with Crippen LogP contribution in [0, 0.1) is 19.7 Å². The van der Waals surface area contributed by atoms with Crippen molar-refractivity contribution < 1.29 is 22.7 Å². The number of allylic oxidation sites excluding steroid dienone is 2. The van der Waals surface area contributed by atoms with E-state index in [9.17, 15) is 22.7 Å². The quantitative estimate of drug-likeness (QED) is 0.174. The first kappa shape index (κ1) is 28.8. The van der Waals surface area contributed by atoms with Gasteiger partial charge in [-0.2, -0.15) is 13.2 Å². The minimum Gasteiger partial charge on any atom is -0.379 e. The molecule has 4 N–H and O–H groups in total. The Balaban J connectivity index is 1.96. The zero-order valence-corrected chi connectivity index (χ0v) is 21.6. The third kappa shape index (κ3) is 6.96. The number of hydrazine groups is 1. The highest BCUT2D eigenvalue weighted by molar-refractivity contribution is 5.83. The summed E-state index contributed by atoms with van der Waals surface area (Å²) in [6.45, 7) is 7.99. The van der Waals surface area contributed by atoms with Gasteiger partial charge in [-0.25, -0.2) is 20.2 Å². The number of halogens is 4. The van der Waals surface area contributed by atoms with Crippen molar-refractivity contribution in [2.75, 3.05) is 18.4 Å². The van der Waals surface area contributed by atoms with Crippen LogP contribution in [0.5, 0.6) is 0 Å². The Morgan fingerprint density at radius 1 is 1.18 bits per heavy atom. The first-order chi connectivity index (χ1) is 17.9. The summed E-state index contributed by atoms with van der Waals surface area (Å²) in [6, 6.07) is 9.64. The van der Waals surface area contributed by atoms with E-state index in [1.807, 2.05) is 6.92 Å². The third-order valence-electron chi connectivity index (χ3n) is 5.96. The number of anilines is 1. The summed E-state index contributed by atoms with van der Waals surface area (Å²) in [5.41, 5.74) is 3.28. The molecule has 1 unspecified atom stereocenters. The second-order valence-electron chi connectivity index (χ2n) is 8.92. The Bertz CT molecular complexity index is 1340. The van der Waals surface area contributed by atoms with Gasteiger partial charge in [0, 0.05) is 12.7 Å². The zero-order chi connectivity index (χ0) is 28.0. The molecule has 3 rings (SSSR count). The first-order valence-corrected chi connectivity index (χ1v) is 12.0. The minimum atomic E-state index is -4.81. The molecule has 10 heteroatoms. The van der Waals surface area contributed by atoms with Crippen LogP contribution in [0.3, 0.4) is 0 Å². The van der Waals surface area contributed by atoms with Gasteiger partial charge in [-0.15, -0.1) is 0 Å². The number of rotatable bonds is 9. The van der Waals surface area contributed by atoms with Gasteiger partial charge < -0.3 is 15.4 Å². The molecule has 0 spiro atoms. The fraction of sp³-hybridized carbons (Fsp3) is 0.286. The highest BCUT2D eigenvalue weighted by Crippen LogP contribution is 2.40. The van der Waals surface area contributed by atoms with Gasteiger partial charge in [-0.05, 0) is 67.2 Å². The standard InChI is InChI=1S/C28H31F4N5O/c1-5-12-37(33)13-11-34-27-35-16-24(29)25(36-27)18(3)15-20-7-6-8-21(19(20)4)23-14-17(2)9-10-22(23)26(38)28(30,31)32/h5-10,12,14-16,26,38H,11,13,33H2,1-4H3,(H,34,35,36)/b12-5-,18-15+. The number of alkyl halides is 3. The van der Waals surface area contributed by atoms with Gasteiger partial charge >= 0.3 is 6.18 Å². The molecule has 0 aliphatic carbocycles. The Morgan fingerprint density at radius 2 is 1.92 bits per heavy atom. The second kappa shape index (κ2) is 12.2. The van der Waals surface area contributed by atoms with E-state index in [1.54, 1.807) is 63.4 Å². The Hall–Kier alpha value is -3.76.